The molecule has 0 N–H and O–H groups in total. The Balaban J connectivity index is 1.24. The van der Waals surface area contributed by atoms with Crippen LogP contribution in [0, 0.1) is 0 Å². The van der Waals surface area contributed by atoms with Crippen LogP contribution in [0.1, 0.15) is 97.9 Å². The van der Waals surface area contributed by atoms with Crippen LogP contribution >= 0.6 is 0 Å². The number of fused-ring (bicyclic) bond motifs is 5. The number of aryl methyl sites for hydroxylation is 1. The fraction of sp³-hybridized carbons (Fsp3) is 0.213. The lowest BCUT2D eigenvalue weighted by molar-refractivity contribution is 0.332. The van der Waals surface area contributed by atoms with Crippen LogP contribution in [0.15, 0.2) is 188 Å². The smallest absolute Gasteiger partial charge is 0.0714 e. The van der Waals surface area contributed by atoms with E-state index < -0.39 is 5.41 Å². The zero-order valence-corrected chi connectivity index (χ0v) is 36.6. The first-order valence-electron chi connectivity index (χ1n) is 22.9. The Hall–Kier alpha value is -6.44. The monoisotopic (exact) mass is 801 g/mol. The third kappa shape index (κ3) is 6.04. The molecular weight excluding hydrogens is 747 g/mol. The highest BCUT2D eigenvalue weighted by atomic mass is 15.1. The van der Waals surface area contributed by atoms with Crippen molar-refractivity contribution in [3.63, 3.8) is 0 Å². The van der Waals surface area contributed by atoms with Crippen molar-refractivity contribution < 1.29 is 0 Å². The van der Waals surface area contributed by atoms with Crippen molar-refractivity contribution in [2.45, 2.75) is 82.5 Å². The van der Waals surface area contributed by atoms with Gasteiger partial charge in [-0.15, -0.1) is 0 Å². The predicted molar refractivity (Wildman–Crippen MR) is 261 cm³/mol. The molecule has 8 aromatic carbocycles. The summed E-state index contributed by atoms with van der Waals surface area (Å²) in [7, 11) is 0. The standard InChI is InChI=1S/C61H55N/c1-59(2)38-39-60(3,4)58-54(59)32-19-33-56(58)62(47-26-12-7-13-27-47)57-41-55-52(40-51(57)44-36-34-43(35-37-44)49-30-18-21-42-20-14-15-28-48(42)49)50-29-16-17-31-53(50)61(55,45-22-8-5-9-23-45)46-24-10-6-11-25-46/h5-13,16-19,21-27,29-37,40-41H,14-15,20,28,38-39H2,1-4H3. The van der Waals surface area contributed by atoms with Gasteiger partial charge in [-0.3, -0.25) is 0 Å². The summed E-state index contributed by atoms with van der Waals surface area (Å²) in [6, 6.07) is 71.5. The van der Waals surface area contributed by atoms with E-state index >= 15 is 0 Å². The minimum absolute atomic E-state index is 0.0179. The fourth-order valence-electron chi connectivity index (χ4n) is 11.6. The van der Waals surface area contributed by atoms with E-state index in [1.54, 1.807) is 0 Å². The summed E-state index contributed by atoms with van der Waals surface area (Å²) < 4.78 is 0. The fourth-order valence-corrected chi connectivity index (χ4v) is 11.6. The molecule has 0 amide bonds. The molecule has 3 aliphatic rings. The summed E-state index contributed by atoms with van der Waals surface area (Å²) in [6.45, 7) is 9.81. The maximum absolute atomic E-state index is 2.61. The number of anilines is 3. The van der Waals surface area contributed by atoms with Gasteiger partial charge in [0.2, 0.25) is 0 Å². The topological polar surface area (TPSA) is 3.24 Å². The van der Waals surface area contributed by atoms with Crippen LogP contribution in [0.5, 0.6) is 0 Å². The Morgan fingerprint density at radius 2 is 0.968 bits per heavy atom. The number of benzene rings is 8. The van der Waals surface area contributed by atoms with Gasteiger partial charge in [0, 0.05) is 11.3 Å². The van der Waals surface area contributed by atoms with Gasteiger partial charge in [0.1, 0.15) is 0 Å². The van der Waals surface area contributed by atoms with Gasteiger partial charge >= 0.3 is 0 Å². The van der Waals surface area contributed by atoms with E-state index in [0.29, 0.717) is 0 Å². The summed E-state index contributed by atoms with van der Waals surface area (Å²) in [5.74, 6) is 0. The summed E-state index contributed by atoms with van der Waals surface area (Å²) in [4.78, 5) is 2.61. The third-order valence-corrected chi connectivity index (χ3v) is 14.8. The Morgan fingerprint density at radius 1 is 0.403 bits per heavy atom. The van der Waals surface area contributed by atoms with Gasteiger partial charge in [-0.1, -0.05) is 185 Å². The van der Waals surface area contributed by atoms with Gasteiger partial charge in [0.05, 0.1) is 16.8 Å². The van der Waals surface area contributed by atoms with Gasteiger partial charge in [0.25, 0.3) is 0 Å². The summed E-state index contributed by atoms with van der Waals surface area (Å²) in [5.41, 5.74) is 22.0. The van der Waals surface area contributed by atoms with E-state index in [9.17, 15) is 0 Å². The van der Waals surface area contributed by atoms with Crippen molar-refractivity contribution in [3.05, 3.63) is 233 Å². The largest absolute Gasteiger partial charge is 0.310 e. The van der Waals surface area contributed by atoms with E-state index in [1.165, 1.54) is 109 Å². The van der Waals surface area contributed by atoms with Crippen LogP contribution in [0.25, 0.3) is 33.4 Å². The van der Waals surface area contributed by atoms with Gasteiger partial charge in [0.15, 0.2) is 0 Å². The number of rotatable bonds is 7. The normalized spacial score (nSPS) is 16.4. The first kappa shape index (κ1) is 38.5. The molecule has 62 heavy (non-hydrogen) atoms. The third-order valence-electron chi connectivity index (χ3n) is 14.8. The molecule has 0 spiro atoms. The molecule has 3 aliphatic carbocycles. The average Bonchev–Trinajstić information content (AvgIpc) is 3.61. The number of hydrogen-bond acceptors (Lipinski definition) is 1. The Labute approximate surface area is 368 Å². The molecule has 0 saturated heterocycles. The second-order valence-electron chi connectivity index (χ2n) is 19.3. The lowest BCUT2D eigenvalue weighted by Crippen LogP contribution is -2.35. The molecule has 0 bridgehead atoms. The molecule has 0 fully saturated rings. The highest BCUT2D eigenvalue weighted by Crippen LogP contribution is 2.60. The molecular formula is C61H55N. The Bertz CT molecular complexity index is 2900. The zero-order valence-electron chi connectivity index (χ0n) is 36.6. The molecule has 0 aromatic heterocycles. The van der Waals surface area contributed by atoms with Crippen molar-refractivity contribution in [2.24, 2.45) is 0 Å². The van der Waals surface area contributed by atoms with Crippen LogP contribution in [0.4, 0.5) is 17.1 Å². The molecule has 1 heteroatoms. The van der Waals surface area contributed by atoms with Gasteiger partial charge in [-0.2, -0.15) is 0 Å². The lowest BCUT2D eigenvalue weighted by Gasteiger charge is -2.45. The SMILES string of the molecule is CC1(C)CCC(C)(C)c2c(N(c3ccccc3)c3cc4c(cc3-c3ccc(-c5cccc6c5CCCC6)cc3)-c3ccccc3C4(c3ccccc3)c3ccccc3)cccc21. The van der Waals surface area contributed by atoms with E-state index in [4.69, 9.17) is 0 Å². The van der Waals surface area contributed by atoms with Crippen LogP contribution in [0.2, 0.25) is 0 Å². The number of nitrogens with zero attached hydrogens (tertiary/aromatic N) is 1. The Morgan fingerprint density at radius 3 is 1.68 bits per heavy atom. The van der Waals surface area contributed by atoms with E-state index in [0.717, 1.165) is 24.9 Å². The van der Waals surface area contributed by atoms with E-state index in [-0.39, 0.29) is 10.8 Å². The molecule has 304 valence electrons. The first-order valence-corrected chi connectivity index (χ1v) is 22.9. The van der Waals surface area contributed by atoms with Crippen molar-refractivity contribution in [1.29, 1.82) is 0 Å². The summed E-state index contributed by atoms with van der Waals surface area (Å²) >= 11 is 0. The maximum Gasteiger partial charge on any atom is 0.0714 e. The van der Waals surface area contributed by atoms with Crippen molar-refractivity contribution in [3.8, 4) is 33.4 Å². The van der Waals surface area contributed by atoms with Gasteiger partial charge in [-0.25, -0.2) is 0 Å². The number of para-hydroxylation sites is 1. The second-order valence-corrected chi connectivity index (χ2v) is 19.3. The van der Waals surface area contributed by atoms with Crippen LogP contribution < -0.4 is 4.90 Å². The van der Waals surface area contributed by atoms with Crippen molar-refractivity contribution >= 4 is 17.1 Å². The maximum atomic E-state index is 2.61. The second kappa shape index (κ2) is 14.9. The van der Waals surface area contributed by atoms with Crippen molar-refractivity contribution in [1.82, 2.24) is 0 Å². The van der Waals surface area contributed by atoms with Gasteiger partial charge < -0.3 is 4.90 Å². The molecule has 1 nitrogen and oxygen atoms in total. The van der Waals surface area contributed by atoms with E-state index in [2.05, 4.69) is 221 Å². The number of hydrogen-bond donors (Lipinski definition) is 0. The molecule has 0 unspecified atom stereocenters. The molecule has 0 aliphatic heterocycles. The van der Waals surface area contributed by atoms with Gasteiger partial charge in [-0.05, 0) is 152 Å². The molecule has 0 saturated carbocycles. The quantitative estimate of drug-likeness (QED) is 0.155. The zero-order chi connectivity index (χ0) is 42.1. The molecule has 0 radical (unpaired) electrons. The lowest BCUT2D eigenvalue weighted by atomic mass is 9.62. The highest BCUT2D eigenvalue weighted by molar-refractivity contribution is 5.97. The average molecular weight is 802 g/mol. The molecule has 8 aromatic rings. The minimum atomic E-state index is -0.530. The van der Waals surface area contributed by atoms with E-state index in [1.807, 2.05) is 0 Å². The van der Waals surface area contributed by atoms with Crippen LogP contribution in [-0.4, -0.2) is 0 Å². The van der Waals surface area contributed by atoms with Crippen LogP contribution in [0.3, 0.4) is 0 Å². The minimum Gasteiger partial charge on any atom is -0.310 e. The molecule has 0 heterocycles. The first-order chi connectivity index (χ1) is 30.3. The van der Waals surface area contributed by atoms with Crippen molar-refractivity contribution in [2.75, 3.05) is 4.90 Å². The highest BCUT2D eigenvalue weighted by Gasteiger charge is 2.47. The Kier molecular flexibility index (Phi) is 9.24. The summed E-state index contributed by atoms with van der Waals surface area (Å²) in [5, 5.41) is 0. The van der Waals surface area contributed by atoms with Crippen LogP contribution in [-0.2, 0) is 29.1 Å². The predicted octanol–water partition coefficient (Wildman–Crippen LogP) is 16.1. The summed E-state index contributed by atoms with van der Waals surface area (Å²) in [6.07, 6.45) is 7.19. The molecule has 0 atom stereocenters. The molecule has 11 rings (SSSR count).